The van der Waals surface area contributed by atoms with E-state index in [1.807, 2.05) is 0 Å². The van der Waals surface area contributed by atoms with E-state index < -0.39 is 28.3 Å². The van der Waals surface area contributed by atoms with Gasteiger partial charge in [-0.2, -0.15) is 0 Å². The number of anilines is 2. The van der Waals surface area contributed by atoms with E-state index >= 15 is 0 Å². The fourth-order valence-corrected chi connectivity index (χ4v) is 2.32. The largest absolute Gasteiger partial charge is 0.494 e. The highest BCUT2D eigenvalue weighted by Gasteiger charge is 2.19. The van der Waals surface area contributed by atoms with Gasteiger partial charge in [-0.3, -0.25) is 25.0 Å². The van der Waals surface area contributed by atoms with Gasteiger partial charge >= 0.3 is 5.97 Å². The van der Waals surface area contributed by atoms with E-state index in [9.17, 15) is 29.8 Å². The molecule has 0 radical (unpaired) electrons. The summed E-state index contributed by atoms with van der Waals surface area (Å²) in [5.74, 6) is -1.62. The molecule has 2 aromatic carbocycles. The summed E-state index contributed by atoms with van der Waals surface area (Å²) in [6, 6.07) is 7.17. The second-order valence-corrected chi connectivity index (χ2v) is 5.50. The lowest BCUT2D eigenvalue weighted by molar-refractivity contribution is -0.385. The summed E-state index contributed by atoms with van der Waals surface area (Å²) in [5.41, 5.74) is -0.210. The Morgan fingerprint density at radius 2 is 1.59 bits per heavy atom. The molecule has 0 aromatic heterocycles. The van der Waals surface area contributed by atoms with Gasteiger partial charge in [-0.15, -0.1) is 0 Å². The number of hydrogen-bond donors (Lipinski definition) is 2. The standard InChI is InChI=1S/C17H16N4O8/c1-18-13-5-3-10(20(24)25)7-12(13)17(23)29-9-16(22)19-14-6-4-11(21(26)27)8-15(14)28-2/h3-8,18H,9H2,1-2H3,(H,19,22). The number of hydrogen-bond acceptors (Lipinski definition) is 9. The van der Waals surface area contributed by atoms with Crippen LogP contribution < -0.4 is 15.4 Å². The van der Waals surface area contributed by atoms with E-state index in [1.165, 1.54) is 38.4 Å². The topological polar surface area (TPSA) is 163 Å². The van der Waals surface area contributed by atoms with Crippen LogP contribution in [0.15, 0.2) is 36.4 Å². The molecule has 0 heterocycles. The SMILES string of the molecule is CNc1ccc([N+](=O)[O-])cc1C(=O)OCC(=O)Nc1ccc([N+](=O)[O-])cc1OC. The maximum absolute atomic E-state index is 12.2. The smallest absolute Gasteiger partial charge is 0.341 e. The monoisotopic (exact) mass is 404 g/mol. The zero-order valence-corrected chi connectivity index (χ0v) is 15.3. The fraction of sp³-hybridized carbons (Fsp3) is 0.176. The van der Waals surface area contributed by atoms with Crippen molar-refractivity contribution >= 4 is 34.6 Å². The van der Waals surface area contributed by atoms with Crippen LogP contribution in [0.3, 0.4) is 0 Å². The van der Waals surface area contributed by atoms with E-state index in [0.717, 1.165) is 12.1 Å². The number of rotatable bonds is 8. The molecule has 0 aliphatic rings. The summed E-state index contributed by atoms with van der Waals surface area (Å²) in [6.07, 6.45) is 0. The summed E-state index contributed by atoms with van der Waals surface area (Å²) in [5, 5.41) is 26.8. The minimum absolute atomic E-state index is 0.0510. The Balaban J connectivity index is 2.08. The summed E-state index contributed by atoms with van der Waals surface area (Å²) in [6.45, 7) is -0.690. The second-order valence-electron chi connectivity index (χ2n) is 5.50. The Kier molecular flexibility index (Phi) is 6.63. The molecule has 0 fully saturated rings. The van der Waals surface area contributed by atoms with Gasteiger partial charge in [0.15, 0.2) is 6.61 Å². The van der Waals surface area contributed by atoms with E-state index in [4.69, 9.17) is 9.47 Å². The van der Waals surface area contributed by atoms with Crippen molar-refractivity contribution in [3.8, 4) is 5.75 Å². The maximum Gasteiger partial charge on any atom is 0.341 e. The third-order valence-electron chi connectivity index (χ3n) is 3.71. The molecule has 29 heavy (non-hydrogen) atoms. The number of nitro groups is 2. The number of benzene rings is 2. The molecule has 0 atom stereocenters. The number of nitro benzene ring substituents is 2. The van der Waals surface area contributed by atoms with Crippen LogP contribution in [-0.2, 0) is 9.53 Å². The van der Waals surface area contributed by atoms with Gasteiger partial charge in [0.25, 0.3) is 17.3 Å². The first-order valence-corrected chi connectivity index (χ1v) is 8.02. The van der Waals surface area contributed by atoms with Crippen LogP contribution in [0.4, 0.5) is 22.7 Å². The van der Waals surface area contributed by atoms with Crippen LogP contribution >= 0.6 is 0 Å². The number of ether oxygens (including phenoxy) is 2. The molecule has 12 heteroatoms. The Morgan fingerprint density at radius 3 is 2.14 bits per heavy atom. The van der Waals surface area contributed by atoms with Crippen molar-refractivity contribution < 1.29 is 28.9 Å². The van der Waals surface area contributed by atoms with Crippen molar-refractivity contribution in [1.29, 1.82) is 0 Å². The lowest BCUT2D eigenvalue weighted by Gasteiger charge is -2.11. The molecule has 2 N–H and O–H groups in total. The Bertz CT molecular complexity index is 976. The number of carbonyl (C=O) groups excluding carboxylic acids is 2. The summed E-state index contributed by atoms with van der Waals surface area (Å²) >= 11 is 0. The fourth-order valence-electron chi connectivity index (χ4n) is 2.32. The number of esters is 1. The molecule has 12 nitrogen and oxygen atoms in total. The molecule has 1 amide bonds. The first kappa shape index (κ1) is 21.1. The van der Waals surface area contributed by atoms with Crippen LogP contribution in [0.25, 0.3) is 0 Å². The molecule has 0 unspecified atom stereocenters. The normalized spacial score (nSPS) is 10.0. The first-order chi connectivity index (χ1) is 13.8. The van der Waals surface area contributed by atoms with Gasteiger partial charge in [0.05, 0.1) is 34.3 Å². The van der Waals surface area contributed by atoms with Crippen LogP contribution in [-0.4, -0.2) is 42.5 Å². The lowest BCUT2D eigenvalue weighted by Crippen LogP contribution is -2.21. The highest BCUT2D eigenvalue weighted by molar-refractivity contribution is 5.99. The molecule has 0 aliphatic heterocycles. The average Bonchev–Trinajstić information content (AvgIpc) is 2.71. The van der Waals surface area contributed by atoms with Crippen molar-refractivity contribution in [2.75, 3.05) is 31.4 Å². The van der Waals surface area contributed by atoms with Gasteiger partial charge in [-0.05, 0) is 12.1 Å². The van der Waals surface area contributed by atoms with Gasteiger partial charge in [0.1, 0.15) is 5.75 Å². The molecule has 152 valence electrons. The van der Waals surface area contributed by atoms with E-state index in [-0.39, 0.29) is 34.1 Å². The highest BCUT2D eigenvalue weighted by Crippen LogP contribution is 2.29. The number of nitrogens with one attached hydrogen (secondary N) is 2. The van der Waals surface area contributed by atoms with E-state index in [1.54, 1.807) is 0 Å². The predicted octanol–water partition coefficient (Wildman–Crippen LogP) is 2.35. The van der Waals surface area contributed by atoms with Crippen LogP contribution in [0.1, 0.15) is 10.4 Å². The van der Waals surface area contributed by atoms with Crippen LogP contribution in [0.5, 0.6) is 5.75 Å². The Morgan fingerprint density at radius 1 is 1.00 bits per heavy atom. The minimum atomic E-state index is -0.941. The Labute approximate surface area is 163 Å². The second kappa shape index (κ2) is 9.12. The van der Waals surface area contributed by atoms with Gasteiger partial charge < -0.3 is 20.1 Å². The molecule has 0 bridgehead atoms. The minimum Gasteiger partial charge on any atom is -0.494 e. The number of non-ortho nitro benzene ring substituents is 2. The van der Waals surface area contributed by atoms with Gasteiger partial charge in [0.2, 0.25) is 0 Å². The molecule has 2 aromatic rings. The number of carbonyl (C=O) groups is 2. The van der Waals surface area contributed by atoms with Crippen molar-refractivity contribution in [2.45, 2.75) is 0 Å². The molecule has 0 spiro atoms. The Hall–Kier alpha value is -4.22. The molecule has 2 rings (SSSR count). The zero-order chi connectivity index (χ0) is 21.6. The average molecular weight is 404 g/mol. The maximum atomic E-state index is 12.2. The molecular weight excluding hydrogens is 388 g/mol. The highest BCUT2D eigenvalue weighted by atomic mass is 16.6. The van der Waals surface area contributed by atoms with Gasteiger partial charge in [0, 0.05) is 30.9 Å². The molecule has 0 saturated heterocycles. The quantitative estimate of drug-likeness (QED) is 0.382. The van der Waals surface area contributed by atoms with Crippen molar-refractivity contribution in [2.24, 2.45) is 0 Å². The van der Waals surface area contributed by atoms with E-state index in [2.05, 4.69) is 10.6 Å². The van der Waals surface area contributed by atoms with Crippen LogP contribution in [0.2, 0.25) is 0 Å². The van der Waals surface area contributed by atoms with Gasteiger partial charge in [-0.25, -0.2) is 4.79 Å². The van der Waals surface area contributed by atoms with Crippen molar-refractivity contribution in [1.82, 2.24) is 0 Å². The zero-order valence-electron chi connectivity index (χ0n) is 15.3. The summed E-state index contributed by atoms with van der Waals surface area (Å²) < 4.78 is 9.91. The summed E-state index contributed by atoms with van der Waals surface area (Å²) in [7, 11) is 2.79. The third kappa shape index (κ3) is 5.15. The number of nitrogens with zero attached hydrogens (tertiary/aromatic N) is 2. The van der Waals surface area contributed by atoms with E-state index in [0.29, 0.717) is 0 Å². The number of amides is 1. The molecule has 0 aliphatic carbocycles. The lowest BCUT2D eigenvalue weighted by atomic mass is 10.1. The van der Waals surface area contributed by atoms with Crippen molar-refractivity contribution in [3.05, 3.63) is 62.2 Å². The molecular formula is C17H16N4O8. The first-order valence-electron chi connectivity index (χ1n) is 8.02. The van der Waals surface area contributed by atoms with Crippen molar-refractivity contribution in [3.63, 3.8) is 0 Å². The molecule has 0 saturated carbocycles. The third-order valence-corrected chi connectivity index (χ3v) is 3.71. The predicted molar refractivity (Wildman–Crippen MR) is 101 cm³/mol. The van der Waals surface area contributed by atoms with Crippen LogP contribution in [0, 0.1) is 20.2 Å². The van der Waals surface area contributed by atoms with Gasteiger partial charge in [-0.1, -0.05) is 0 Å². The summed E-state index contributed by atoms with van der Waals surface area (Å²) in [4.78, 5) is 44.7. The number of methoxy groups -OCH3 is 1.